The van der Waals surface area contributed by atoms with Crippen LogP contribution in [0.1, 0.15) is 20.8 Å². The summed E-state index contributed by atoms with van der Waals surface area (Å²) in [6.45, 7) is 5.27. The minimum atomic E-state index is -0.677. The Morgan fingerprint density at radius 3 is 2.75 bits per heavy atom. The van der Waals surface area contributed by atoms with E-state index in [4.69, 9.17) is 4.74 Å². The zero-order valence-corrected chi connectivity index (χ0v) is 14.5. The van der Waals surface area contributed by atoms with Crippen molar-refractivity contribution < 1.29 is 19.2 Å². The van der Waals surface area contributed by atoms with E-state index in [0.29, 0.717) is 17.3 Å². The fraction of sp³-hybridized carbons (Fsp3) is 0.467. The summed E-state index contributed by atoms with van der Waals surface area (Å²) in [4.78, 5) is 36.2. The predicted octanol–water partition coefficient (Wildman–Crippen LogP) is 2.84. The van der Waals surface area contributed by atoms with Crippen molar-refractivity contribution in [2.24, 2.45) is 0 Å². The molecule has 2 rings (SSSR count). The van der Waals surface area contributed by atoms with Crippen molar-refractivity contribution in [3.63, 3.8) is 0 Å². The van der Waals surface area contributed by atoms with Crippen LogP contribution in [0.2, 0.25) is 0 Å². The van der Waals surface area contributed by atoms with Crippen molar-refractivity contribution in [1.29, 1.82) is 0 Å². The topological polar surface area (TPSA) is 102 Å². The van der Waals surface area contributed by atoms with Crippen molar-refractivity contribution >= 4 is 35.1 Å². The number of rotatable bonds is 3. The van der Waals surface area contributed by atoms with Gasteiger partial charge in [-0.3, -0.25) is 19.8 Å². The van der Waals surface area contributed by atoms with Gasteiger partial charge in [-0.05, 0) is 26.8 Å². The van der Waals surface area contributed by atoms with E-state index in [0.717, 1.165) is 0 Å². The van der Waals surface area contributed by atoms with Crippen LogP contribution in [0, 0.1) is 10.1 Å². The van der Waals surface area contributed by atoms with Gasteiger partial charge < -0.3 is 10.1 Å². The molecule has 0 aliphatic carbocycles. The van der Waals surface area contributed by atoms with Crippen LogP contribution in [-0.4, -0.2) is 45.1 Å². The standard InChI is InChI=1S/C15H19N3O5S/c1-15(2,3)23-14(20)17-9-24-8-12(17)13(19)16-10-5-4-6-11(7-10)18(21)22/h4-7,12H,8-9H2,1-3H3,(H,16,19)/t12-/m0/s1. The molecule has 8 nitrogen and oxygen atoms in total. The van der Waals surface area contributed by atoms with Crippen LogP contribution in [0.15, 0.2) is 24.3 Å². The molecule has 0 bridgehead atoms. The average molecular weight is 353 g/mol. The fourth-order valence-electron chi connectivity index (χ4n) is 2.08. The molecule has 1 aliphatic heterocycles. The van der Waals surface area contributed by atoms with Gasteiger partial charge in [-0.2, -0.15) is 0 Å². The Balaban J connectivity index is 2.07. The van der Waals surface area contributed by atoms with Crippen LogP contribution < -0.4 is 5.32 Å². The van der Waals surface area contributed by atoms with Gasteiger partial charge in [-0.25, -0.2) is 4.79 Å². The summed E-state index contributed by atoms with van der Waals surface area (Å²) in [7, 11) is 0. The number of nitro benzene ring substituents is 1. The summed E-state index contributed by atoms with van der Waals surface area (Å²) >= 11 is 1.45. The van der Waals surface area contributed by atoms with Gasteiger partial charge in [0.1, 0.15) is 11.6 Å². The summed E-state index contributed by atoms with van der Waals surface area (Å²) in [5.74, 6) is 0.411. The lowest BCUT2D eigenvalue weighted by Gasteiger charge is -2.27. The number of carbonyl (C=O) groups is 2. The first-order valence-corrected chi connectivity index (χ1v) is 8.45. The number of nitrogens with zero attached hydrogens (tertiary/aromatic N) is 2. The van der Waals surface area contributed by atoms with Crippen LogP contribution in [0.4, 0.5) is 16.2 Å². The summed E-state index contributed by atoms with van der Waals surface area (Å²) < 4.78 is 5.31. The molecule has 0 spiro atoms. The van der Waals surface area contributed by atoms with Crippen LogP contribution in [0.5, 0.6) is 0 Å². The van der Waals surface area contributed by atoms with E-state index in [1.54, 1.807) is 26.8 Å². The molecule has 24 heavy (non-hydrogen) atoms. The Bertz CT molecular complexity index is 659. The van der Waals surface area contributed by atoms with Crippen LogP contribution in [0.3, 0.4) is 0 Å². The molecule has 1 aromatic carbocycles. The lowest BCUT2D eigenvalue weighted by molar-refractivity contribution is -0.384. The zero-order chi connectivity index (χ0) is 17.9. The number of hydrogen-bond donors (Lipinski definition) is 1. The van der Waals surface area contributed by atoms with E-state index in [1.807, 2.05) is 0 Å². The highest BCUT2D eigenvalue weighted by atomic mass is 32.2. The van der Waals surface area contributed by atoms with Gasteiger partial charge in [-0.1, -0.05) is 6.07 Å². The third kappa shape index (κ3) is 4.60. The molecule has 1 aliphatic rings. The molecule has 0 unspecified atom stereocenters. The first kappa shape index (κ1) is 18.1. The number of non-ortho nitro benzene ring substituents is 1. The van der Waals surface area contributed by atoms with E-state index >= 15 is 0 Å². The molecule has 2 amide bonds. The monoisotopic (exact) mass is 353 g/mol. The number of ether oxygens (including phenoxy) is 1. The van der Waals surface area contributed by atoms with Gasteiger partial charge in [-0.15, -0.1) is 11.8 Å². The summed E-state index contributed by atoms with van der Waals surface area (Å²) in [5.41, 5.74) is -0.446. The fourth-order valence-corrected chi connectivity index (χ4v) is 3.23. The summed E-state index contributed by atoms with van der Waals surface area (Å²) in [6, 6.07) is 4.99. The Labute approximate surface area is 143 Å². The normalized spacial score (nSPS) is 17.5. The number of anilines is 1. The van der Waals surface area contributed by atoms with E-state index in [-0.39, 0.29) is 5.69 Å². The molecule has 0 aromatic heterocycles. The Hall–Kier alpha value is -2.29. The Morgan fingerprint density at radius 1 is 1.42 bits per heavy atom. The average Bonchev–Trinajstić information content (AvgIpc) is 2.95. The van der Waals surface area contributed by atoms with E-state index in [2.05, 4.69) is 5.32 Å². The highest BCUT2D eigenvalue weighted by Crippen LogP contribution is 2.25. The highest BCUT2D eigenvalue weighted by molar-refractivity contribution is 7.99. The smallest absolute Gasteiger partial charge is 0.411 e. The third-order valence-corrected chi connectivity index (χ3v) is 4.15. The van der Waals surface area contributed by atoms with E-state index in [9.17, 15) is 19.7 Å². The molecule has 1 aromatic rings. The molecule has 9 heteroatoms. The molecular formula is C15H19N3O5S. The molecule has 1 heterocycles. The number of hydrogen-bond acceptors (Lipinski definition) is 6. The van der Waals surface area contributed by atoms with Gasteiger partial charge in [0.05, 0.1) is 10.8 Å². The van der Waals surface area contributed by atoms with Crippen LogP contribution >= 0.6 is 11.8 Å². The summed E-state index contributed by atoms with van der Waals surface area (Å²) in [6.07, 6.45) is -0.549. The van der Waals surface area contributed by atoms with Crippen molar-refractivity contribution in [2.75, 3.05) is 16.9 Å². The number of nitrogens with one attached hydrogen (secondary N) is 1. The molecule has 1 atom stereocenters. The molecular weight excluding hydrogens is 334 g/mol. The van der Waals surface area contributed by atoms with Crippen molar-refractivity contribution in [1.82, 2.24) is 4.90 Å². The second kappa shape index (κ2) is 7.08. The third-order valence-electron chi connectivity index (χ3n) is 3.14. The molecule has 1 N–H and O–H groups in total. The van der Waals surface area contributed by atoms with Gasteiger partial charge in [0.25, 0.3) is 5.69 Å². The largest absolute Gasteiger partial charge is 0.444 e. The Kier molecular flexibility index (Phi) is 5.33. The maximum Gasteiger partial charge on any atom is 0.411 e. The van der Waals surface area contributed by atoms with E-state index < -0.39 is 28.6 Å². The van der Waals surface area contributed by atoms with Crippen molar-refractivity contribution in [2.45, 2.75) is 32.4 Å². The first-order chi connectivity index (χ1) is 11.2. The maximum absolute atomic E-state index is 12.4. The maximum atomic E-state index is 12.4. The lowest BCUT2D eigenvalue weighted by Crippen LogP contribution is -2.46. The van der Waals surface area contributed by atoms with Crippen molar-refractivity contribution in [3.05, 3.63) is 34.4 Å². The number of amides is 2. The zero-order valence-electron chi connectivity index (χ0n) is 13.6. The number of carbonyl (C=O) groups excluding carboxylic acids is 2. The Morgan fingerprint density at radius 2 is 2.12 bits per heavy atom. The molecule has 130 valence electrons. The molecule has 0 radical (unpaired) electrons. The second-order valence-corrected chi connectivity index (χ2v) is 7.26. The lowest BCUT2D eigenvalue weighted by atomic mass is 10.2. The highest BCUT2D eigenvalue weighted by Gasteiger charge is 2.37. The molecule has 1 saturated heterocycles. The SMILES string of the molecule is CC(C)(C)OC(=O)N1CSC[C@H]1C(=O)Nc1cccc([N+](=O)[O-])c1. The molecule has 0 saturated carbocycles. The second-order valence-electron chi connectivity index (χ2n) is 6.26. The van der Waals surface area contributed by atoms with E-state index in [1.165, 1.54) is 34.9 Å². The van der Waals surface area contributed by atoms with Crippen LogP contribution in [0.25, 0.3) is 0 Å². The number of benzene rings is 1. The first-order valence-electron chi connectivity index (χ1n) is 7.30. The van der Waals surface area contributed by atoms with Crippen LogP contribution in [-0.2, 0) is 9.53 Å². The number of thioether (sulfide) groups is 1. The van der Waals surface area contributed by atoms with Gasteiger partial charge in [0.2, 0.25) is 5.91 Å². The predicted molar refractivity (Wildman–Crippen MR) is 90.9 cm³/mol. The quantitative estimate of drug-likeness (QED) is 0.662. The van der Waals surface area contributed by atoms with Crippen molar-refractivity contribution in [3.8, 4) is 0 Å². The van der Waals surface area contributed by atoms with Gasteiger partial charge in [0, 0.05) is 23.6 Å². The van der Waals surface area contributed by atoms with Gasteiger partial charge >= 0.3 is 6.09 Å². The van der Waals surface area contributed by atoms with Gasteiger partial charge in [0.15, 0.2) is 0 Å². The molecule has 1 fully saturated rings. The minimum Gasteiger partial charge on any atom is -0.444 e. The summed E-state index contributed by atoms with van der Waals surface area (Å²) in [5, 5.41) is 13.4. The minimum absolute atomic E-state index is 0.113. The number of nitro groups is 1.